The molecule has 1 aromatic carbocycles. The van der Waals surface area contributed by atoms with E-state index in [1.54, 1.807) is 0 Å². The van der Waals surface area contributed by atoms with Gasteiger partial charge in [-0.25, -0.2) is 0 Å². The number of carbonyl (C=O) groups is 1. The fourth-order valence-electron chi connectivity index (χ4n) is 1.82. The van der Waals surface area contributed by atoms with E-state index in [1.807, 2.05) is 13.0 Å². The van der Waals surface area contributed by atoms with Crippen molar-refractivity contribution in [1.29, 1.82) is 0 Å². The number of fused-ring (bicyclic) bond motifs is 1. The number of aldehydes is 1. The van der Waals surface area contributed by atoms with Crippen LogP contribution in [0.25, 0.3) is 0 Å². The summed E-state index contributed by atoms with van der Waals surface area (Å²) in [6.45, 7) is 3.03. The lowest BCUT2D eigenvalue weighted by atomic mass is 10.0. The average Bonchev–Trinajstić information content (AvgIpc) is 2.32. The van der Waals surface area contributed by atoms with Gasteiger partial charge < -0.3 is 14.3 Å². The zero-order chi connectivity index (χ0) is 11.5. The van der Waals surface area contributed by atoms with Crippen molar-refractivity contribution in [2.24, 2.45) is 0 Å². The van der Waals surface area contributed by atoms with Crippen molar-refractivity contribution in [3.63, 3.8) is 0 Å². The summed E-state index contributed by atoms with van der Waals surface area (Å²) in [7, 11) is 0. The Balaban J connectivity index is 2.41. The quantitative estimate of drug-likeness (QED) is 0.762. The van der Waals surface area contributed by atoms with Gasteiger partial charge in [0.25, 0.3) is 0 Å². The van der Waals surface area contributed by atoms with Crippen LogP contribution in [0.3, 0.4) is 0 Å². The van der Waals surface area contributed by atoms with Crippen LogP contribution < -0.4 is 9.47 Å². The summed E-state index contributed by atoms with van der Waals surface area (Å²) in [4.78, 5) is 10.4. The number of hydrogen-bond donors (Lipinski definition) is 0. The maximum atomic E-state index is 10.4. The van der Waals surface area contributed by atoms with E-state index < -0.39 is 0 Å². The molecule has 0 saturated carbocycles. The van der Waals surface area contributed by atoms with Crippen molar-refractivity contribution in [3.8, 4) is 11.5 Å². The van der Waals surface area contributed by atoms with Crippen LogP contribution in [0.5, 0.6) is 11.5 Å². The highest BCUT2D eigenvalue weighted by Gasteiger charge is 2.20. The van der Waals surface area contributed by atoms with Crippen LogP contribution in [0.2, 0.25) is 5.02 Å². The van der Waals surface area contributed by atoms with Gasteiger partial charge in [-0.2, -0.15) is 0 Å². The van der Waals surface area contributed by atoms with Crippen LogP contribution in [-0.4, -0.2) is 19.5 Å². The van der Waals surface area contributed by atoms with Gasteiger partial charge in [0.05, 0.1) is 5.02 Å². The number of hydrogen-bond acceptors (Lipinski definition) is 3. The predicted molar refractivity (Wildman–Crippen MR) is 61.6 cm³/mol. The van der Waals surface area contributed by atoms with Gasteiger partial charge in [-0.15, -0.1) is 0 Å². The Kier molecular flexibility index (Phi) is 3.34. The SMILES string of the molecule is Cc1c(CCC=O)cc(Cl)c2c1OCCO2. The van der Waals surface area contributed by atoms with Crippen LogP contribution in [0.15, 0.2) is 6.07 Å². The first kappa shape index (κ1) is 11.3. The lowest BCUT2D eigenvalue weighted by Crippen LogP contribution is -2.17. The molecule has 0 aliphatic carbocycles. The average molecular weight is 241 g/mol. The van der Waals surface area contributed by atoms with Gasteiger partial charge in [-0.05, 0) is 30.5 Å². The standard InChI is InChI=1S/C12H13ClO3/c1-8-9(3-2-4-14)7-10(13)12-11(8)15-5-6-16-12/h4,7H,2-3,5-6H2,1H3. The van der Waals surface area contributed by atoms with Gasteiger partial charge in [0.15, 0.2) is 11.5 Å². The molecule has 0 amide bonds. The van der Waals surface area contributed by atoms with Crippen LogP contribution in [0, 0.1) is 6.92 Å². The topological polar surface area (TPSA) is 35.5 Å². The molecular formula is C12H13ClO3. The molecule has 1 heterocycles. The molecule has 0 saturated heterocycles. The first-order valence-corrected chi connectivity index (χ1v) is 5.63. The molecule has 0 fully saturated rings. The molecule has 0 bridgehead atoms. The first-order valence-electron chi connectivity index (χ1n) is 5.25. The second-order valence-electron chi connectivity index (χ2n) is 3.70. The zero-order valence-corrected chi connectivity index (χ0v) is 9.84. The number of carbonyl (C=O) groups excluding carboxylic acids is 1. The van der Waals surface area contributed by atoms with E-state index in [0.29, 0.717) is 36.8 Å². The largest absolute Gasteiger partial charge is 0.486 e. The molecule has 3 nitrogen and oxygen atoms in total. The molecule has 0 radical (unpaired) electrons. The third kappa shape index (κ3) is 2.00. The van der Waals surface area contributed by atoms with Crippen molar-refractivity contribution in [1.82, 2.24) is 0 Å². The molecule has 2 rings (SSSR count). The number of benzene rings is 1. The lowest BCUT2D eigenvalue weighted by Gasteiger charge is -2.22. The smallest absolute Gasteiger partial charge is 0.180 e. The summed E-state index contributed by atoms with van der Waals surface area (Å²) >= 11 is 6.10. The second-order valence-corrected chi connectivity index (χ2v) is 4.11. The molecular weight excluding hydrogens is 228 g/mol. The van der Waals surface area contributed by atoms with E-state index >= 15 is 0 Å². The molecule has 0 atom stereocenters. The van der Waals surface area contributed by atoms with Crippen molar-refractivity contribution in [2.75, 3.05) is 13.2 Å². The van der Waals surface area contributed by atoms with Crippen molar-refractivity contribution in [2.45, 2.75) is 19.8 Å². The molecule has 4 heteroatoms. The van der Waals surface area contributed by atoms with Gasteiger partial charge in [0.1, 0.15) is 19.5 Å². The third-order valence-corrected chi connectivity index (χ3v) is 2.93. The monoisotopic (exact) mass is 240 g/mol. The Hall–Kier alpha value is -1.22. The van der Waals surface area contributed by atoms with Gasteiger partial charge >= 0.3 is 0 Å². The molecule has 0 N–H and O–H groups in total. The van der Waals surface area contributed by atoms with Gasteiger partial charge in [-0.3, -0.25) is 0 Å². The minimum Gasteiger partial charge on any atom is -0.486 e. The fourth-order valence-corrected chi connectivity index (χ4v) is 2.09. The van der Waals surface area contributed by atoms with E-state index in [0.717, 1.165) is 23.2 Å². The minimum absolute atomic E-state index is 0.497. The third-order valence-electron chi connectivity index (χ3n) is 2.65. The molecule has 86 valence electrons. The molecule has 1 aliphatic rings. The summed E-state index contributed by atoms with van der Waals surface area (Å²) < 4.78 is 11.0. The van der Waals surface area contributed by atoms with Crippen molar-refractivity contribution < 1.29 is 14.3 Å². The van der Waals surface area contributed by atoms with E-state index in [2.05, 4.69) is 0 Å². The van der Waals surface area contributed by atoms with E-state index in [4.69, 9.17) is 21.1 Å². The Morgan fingerprint density at radius 3 is 2.75 bits per heavy atom. The fraction of sp³-hybridized carbons (Fsp3) is 0.417. The molecule has 0 aromatic heterocycles. The van der Waals surface area contributed by atoms with Crippen molar-refractivity contribution in [3.05, 3.63) is 22.2 Å². The Morgan fingerprint density at radius 2 is 2.06 bits per heavy atom. The minimum atomic E-state index is 0.497. The van der Waals surface area contributed by atoms with Crippen LogP contribution >= 0.6 is 11.6 Å². The molecule has 1 aliphatic heterocycles. The molecule has 0 spiro atoms. The lowest BCUT2D eigenvalue weighted by molar-refractivity contribution is -0.107. The van der Waals surface area contributed by atoms with Crippen LogP contribution in [0.1, 0.15) is 17.5 Å². The zero-order valence-electron chi connectivity index (χ0n) is 9.09. The summed E-state index contributed by atoms with van der Waals surface area (Å²) in [5, 5.41) is 0.557. The second kappa shape index (κ2) is 4.74. The summed E-state index contributed by atoms with van der Waals surface area (Å²) in [6.07, 6.45) is 2.09. The van der Waals surface area contributed by atoms with Gasteiger partial charge in [0, 0.05) is 6.42 Å². The molecule has 1 aromatic rings. The summed E-state index contributed by atoms with van der Waals surface area (Å²) in [6, 6.07) is 1.86. The van der Waals surface area contributed by atoms with Crippen molar-refractivity contribution >= 4 is 17.9 Å². The van der Waals surface area contributed by atoms with E-state index in [-0.39, 0.29) is 0 Å². The van der Waals surface area contributed by atoms with Crippen LogP contribution in [-0.2, 0) is 11.2 Å². The normalized spacial score (nSPS) is 13.6. The Morgan fingerprint density at radius 1 is 1.38 bits per heavy atom. The molecule has 16 heavy (non-hydrogen) atoms. The molecule has 0 unspecified atom stereocenters. The summed E-state index contributed by atoms with van der Waals surface area (Å²) in [5.74, 6) is 1.35. The van der Waals surface area contributed by atoms with Gasteiger partial charge in [0.2, 0.25) is 0 Å². The van der Waals surface area contributed by atoms with Crippen LogP contribution in [0.4, 0.5) is 0 Å². The predicted octanol–water partition coefficient (Wildman–Crippen LogP) is 2.55. The first-order chi connectivity index (χ1) is 7.74. The van der Waals surface area contributed by atoms with Gasteiger partial charge in [-0.1, -0.05) is 11.6 Å². The highest BCUT2D eigenvalue weighted by Crippen LogP contribution is 2.41. The Bertz CT molecular complexity index is 415. The number of rotatable bonds is 3. The summed E-state index contributed by atoms with van der Waals surface area (Å²) in [5.41, 5.74) is 2.06. The highest BCUT2D eigenvalue weighted by molar-refractivity contribution is 6.32. The number of halogens is 1. The maximum Gasteiger partial charge on any atom is 0.180 e. The number of ether oxygens (including phenoxy) is 2. The highest BCUT2D eigenvalue weighted by atomic mass is 35.5. The van der Waals surface area contributed by atoms with E-state index in [9.17, 15) is 4.79 Å². The maximum absolute atomic E-state index is 10.4. The Labute approximate surface area is 99.3 Å². The van der Waals surface area contributed by atoms with E-state index in [1.165, 1.54) is 0 Å². The number of aryl methyl sites for hydroxylation is 1.